The molecule has 54 heavy (non-hydrogen) atoms. The molecule has 0 atom stereocenters. The molecule has 0 fully saturated rings. The molecule has 0 N–H and O–H groups in total. The number of aromatic nitrogens is 1. The molecule has 2 nitrogen and oxygen atoms in total. The van der Waals surface area contributed by atoms with Crippen molar-refractivity contribution in [2.45, 2.75) is 0 Å². The third-order valence-corrected chi connectivity index (χ3v) is 11.6. The number of nitrogens with zero attached hydrogens (tertiary/aromatic N) is 1. The summed E-state index contributed by atoms with van der Waals surface area (Å²) in [6.07, 6.45) is 0. The van der Waals surface area contributed by atoms with Crippen LogP contribution < -0.4 is 0 Å². The molecule has 0 amide bonds. The van der Waals surface area contributed by atoms with E-state index < -0.39 is 0 Å². The highest BCUT2D eigenvalue weighted by molar-refractivity contribution is 6.31. The predicted molar refractivity (Wildman–Crippen MR) is 229 cm³/mol. The summed E-state index contributed by atoms with van der Waals surface area (Å²) in [5.41, 5.74) is 10.3. The van der Waals surface area contributed by atoms with Gasteiger partial charge in [0, 0.05) is 27.2 Å². The highest BCUT2D eigenvalue weighted by Gasteiger charge is 2.22. The van der Waals surface area contributed by atoms with Crippen molar-refractivity contribution in [3.05, 3.63) is 188 Å². The average molecular weight is 686 g/mol. The van der Waals surface area contributed by atoms with Gasteiger partial charge in [0.1, 0.15) is 11.2 Å². The van der Waals surface area contributed by atoms with Gasteiger partial charge in [0.05, 0.1) is 11.0 Å². The monoisotopic (exact) mass is 685 g/mol. The molecule has 0 aliphatic carbocycles. The van der Waals surface area contributed by atoms with Crippen molar-refractivity contribution in [2.24, 2.45) is 0 Å². The molecular formula is C52H31NO. The number of para-hydroxylation sites is 2. The summed E-state index contributed by atoms with van der Waals surface area (Å²) >= 11 is 0. The summed E-state index contributed by atoms with van der Waals surface area (Å²) in [4.78, 5) is 0. The normalized spacial score (nSPS) is 12.1. The molecule has 0 spiro atoms. The van der Waals surface area contributed by atoms with Crippen LogP contribution >= 0.6 is 0 Å². The van der Waals surface area contributed by atoms with Gasteiger partial charge < -0.3 is 8.98 Å². The van der Waals surface area contributed by atoms with Crippen LogP contribution in [-0.2, 0) is 0 Å². The Morgan fingerprint density at radius 2 is 0.815 bits per heavy atom. The number of hydrogen-bond acceptors (Lipinski definition) is 1. The van der Waals surface area contributed by atoms with Crippen LogP contribution in [0.5, 0.6) is 0 Å². The lowest BCUT2D eigenvalue weighted by Crippen LogP contribution is -1.95. The SMILES string of the molecule is c1ccc2c(c1)ccc1oc3cc(-c4c5ccccc5c(-c5ccc(-n6c7ccccc7c7ccccc76)cc5)c5ccccc45)c4ccccc4c3c12. The largest absolute Gasteiger partial charge is 0.456 e. The summed E-state index contributed by atoms with van der Waals surface area (Å²) in [5.74, 6) is 0. The molecule has 0 saturated heterocycles. The molecule has 0 radical (unpaired) electrons. The van der Waals surface area contributed by atoms with E-state index in [-0.39, 0.29) is 0 Å². The summed E-state index contributed by atoms with van der Waals surface area (Å²) < 4.78 is 9.13. The molecule has 0 bridgehead atoms. The van der Waals surface area contributed by atoms with E-state index in [9.17, 15) is 0 Å². The standard InChI is InChI=1S/C52H31NO/c1-2-14-35-32(13-1)27-30-47-51(35)52-39-18-4-3-15-36(39)44(31-48(52)54-47)50-42-21-7-5-19-40(42)49(41-20-6-8-22-43(41)50)33-25-28-34(29-26-33)53-45-23-11-9-16-37(45)38-17-10-12-24-46(38)53/h1-31H. The van der Waals surface area contributed by atoms with Gasteiger partial charge in [0.2, 0.25) is 0 Å². The Kier molecular flexibility index (Phi) is 6.09. The molecule has 0 aliphatic heterocycles. The first kappa shape index (κ1) is 29.4. The zero-order chi connectivity index (χ0) is 35.3. The van der Waals surface area contributed by atoms with Crippen LogP contribution in [0.2, 0.25) is 0 Å². The summed E-state index contributed by atoms with van der Waals surface area (Å²) in [7, 11) is 0. The molecule has 2 heteroatoms. The van der Waals surface area contributed by atoms with Crippen LogP contribution in [0.1, 0.15) is 0 Å². The van der Waals surface area contributed by atoms with E-state index in [4.69, 9.17) is 4.42 Å². The zero-order valence-electron chi connectivity index (χ0n) is 29.3. The number of rotatable bonds is 3. The quantitative estimate of drug-likeness (QED) is 0.169. The summed E-state index contributed by atoms with van der Waals surface area (Å²) in [6.45, 7) is 0. The number of hydrogen-bond donors (Lipinski definition) is 0. The second-order valence-corrected chi connectivity index (χ2v) is 14.4. The Labute approximate surface area is 310 Å². The molecule has 12 rings (SSSR count). The fourth-order valence-electron chi connectivity index (χ4n) is 9.32. The van der Waals surface area contributed by atoms with Gasteiger partial charge in [0.25, 0.3) is 0 Å². The van der Waals surface area contributed by atoms with E-state index in [2.05, 4.69) is 193 Å². The van der Waals surface area contributed by atoms with E-state index >= 15 is 0 Å². The topological polar surface area (TPSA) is 18.1 Å². The Balaban J connectivity index is 1.12. The van der Waals surface area contributed by atoms with Gasteiger partial charge in [-0.3, -0.25) is 0 Å². The maximum absolute atomic E-state index is 6.74. The van der Waals surface area contributed by atoms with E-state index in [1.807, 2.05) is 0 Å². The van der Waals surface area contributed by atoms with E-state index in [0.717, 1.165) is 16.9 Å². The molecule has 12 aromatic rings. The summed E-state index contributed by atoms with van der Waals surface area (Å²) in [5, 5.41) is 14.7. The van der Waals surface area contributed by atoms with Gasteiger partial charge in [-0.2, -0.15) is 0 Å². The predicted octanol–water partition coefficient (Wildman–Crippen LogP) is 14.6. The zero-order valence-corrected chi connectivity index (χ0v) is 29.3. The first-order chi connectivity index (χ1) is 26.8. The summed E-state index contributed by atoms with van der Waals surface area (Å²) in [6, 6.07) is 68.4. The Morgan fingerprint density at radius 1 is 0.333 bits per heavy atom. The van der Waals surface area contributed by atoms with Crippen molar-refractivity contribution in [2.75, 3.05) is 0 Å². The molecular weight excluding hydrogens is 655 g/mol. The highest BCUT2D eigenvalue weighted by Crippen LogP contribution is 2.48. The number of benzene rings is 10. The first-order valence-electron chi connectivity index (χ1n) is 18.6. The Hall–Kier alpha value is -7.16. The fraction of sp³-hybridized carbons (Fsp3) is 0. The Bertz CT molecular complexity index is 3380. The lowest BCUT2D eigenvalue weighted by Gasteiger charge is -2.19. The minimum absolute atomic E-state index is 0.910. The minimum Gasteiger partial charge on any atom is -0.456 e. The molecule has 0 unspecified atom stereocenters. The van der Waals surface area contributed by atoms with Crippen LogP contribution in [0.4, 0.5) is 0 Å². The molecule has 2 heterocycles. The van der Waals surface area contributed by atoms with Gasteiger partial charge in [0.15, 0.2) is 0 Å². The van der Waals surface area contributed by atoms with Crippen LogP contribution in [0, 0.1) is 0 Å². The van der Waals surface area contributed by atoms with Crippen LogP contribution in [0.25, 0.3) is 115 Å². The van der Waals surface area contributed by atoms with Gasteiger partial charge in [-0.05, 0) is 102 Å². The molecule has 0 saturated carbocycles. The van der Waals surface area contributed by atoms with Crippen LogP contribution in [0.3, 0.4) is 0 Å². The Morgan fingerprint density at radius 3 is 1.44 bits per heavy atom. The second kappa shape index (κ2) is 11.2. The van der Waals surface area contributed by atoms with Crippen molar-refractivity contribution in [3.8, 4) is 27.9 Å². The molecule has 250 valence electrons. The number of fused-ring (bicyclic) bond motifs is 12. The van der Waals surface area contributed by atoms with Crippen molar-refractivity contribution in [1.29, 1.82) is 0 Å². The van der Waals surface area contributed by atoms with Gasteiger partial charge in [-0.25, -0.2) is 0 Å². The maximum Gasteiger partial charge on any atom is 0.136 e. The lowest BCUT2D eigenvalue weighted by molar-refractivity contribution is 0.669. The minimum atomic E-state index is 0.910. The maximum atomic E-state index is 6.74. The van der Waals surface area contributed by atoms with E-state index in [0.29, 0.717) is 0 Å². The van der Waals surface area contributed by atoms with Crippen LogP contribution in [0.15, 0.2) is 192 Å². The van der Waals surface area contributed by atoms with E-state index in [1.54, 1.807) is 0 Å². The van der Waals surface area contributed by atoms with Crippen LogP contribution in [-0.4, -0.2) is 4.57 Å². The number of furan rings is 1. The third kappa shape index (κ3) is 4.05. The molecule has 2 aromatic heterocycles. The third-order valence-electron chi connectivity index (χ3n) is 11.6. The van der Waals surface area contributed by atoms with Crippen molar-refractivity contribution in [1.82, 2.24) is 4.57 Å². The van der Waals surface area contributed by atoms with Crippen molar-refractivity contribution < 1.29 is 4.42 Å². The molecule has 10 aromatic carbocycles. The van der Waals surface area contributed by atoms with E-state index in [1.165, 1.54) is 97.9 Å². The lowest BCUT2D eigenvalue weighted by atomic mass is 9.84. The first-order valence-corrected chi connectivity index (χ1v) is 18.6. The highest BCUT2D eigenvalue weighted by atomic mass is 16.3. The second-order valence-electron chi connectivity index (χ2n) is 14.4. The molecule has 0 aliphatic rings. The van der Waals surface area contributed by atoms with Gasteiger partial charge in [-0.15, -0.1) is 0 Å². The smallest absolute Gasteiger partial charge is 0.136 e. The van der Waals surface area contributed by atoms with Crippen molar-refractivity contribution in [3.63, 3.8) is 0 Å². The fourth-order valence-corrected chi connectivity index (χ4v) is 9.32. The van der Waals surface area contributed by atoms with Crippen molar-refractivity contribution >= 4 is 86.8 Å². The average Bonchev–Trinajstić information content (AvgIpc) is 3.79. The van der Waals surface area contributed by atoms with Gasteiger partial charge >= 0.3 is 0 Å². The van der Waals surface area contributed by atoms with Gasteiger partial charge in [-0.1, -0.05) is 152 Å².